The Morgan fingerprint density at radius 3 is 2.78 bits per heavy atom. The fraction of sp³-hybridized carbons (Fsp3) is 0.538. The zero-order valence-corrected chi connectivity index (χ0v) is 11.7. The van der Waals surface area contributed by atoms with Crippen LogP contribution in [0.1, 0.15) is 18.9 Å². The number of nitrogens with zero attached hydrogens (tertiary/aromatic N) is 1. The first-order chi connectivity index (χ1) is 8.53. The quantitative estimate of drug-likeness (QED) is 0.781. The van der Waals surface area contributed by atoms with E-state index in [-0.39, 0.29) is 5.91 Å². The fourth-order valence-electron chi connectivity index (χ4n) is 1.55. The molecule has 18 heavy (non-hydrogen) atoms. The first-order valence-electron chi connectivity index (χ1n) is 5.90. The van der Waals surface area contributed by atoms with E-state index in [9.17, 15) is 9.90 Å². The molecule has 1 aromatic heterocycles. The molecule has 5 heteroatoms. The van der Waals surface area contributed by atoms with Crippen molar-refractivity contribution in [2.24, 2.45) is 0 Å². The Morgan fingerprint density at radius 1 is 1.50 bits per heavy atom. The van der Waals surface area contributed by atoms with Crippen molar-refractivity contribution in [3.8, 4) is 0 Å². The van der Waals surface area contributed by atoms with E-state index in [0.29, 0.717) is 25.1 Å². The number of rotatable bonds is 7. The van der Waals surface area contributed by atoms with Gasteiger partial charge in [0.2, 0.25) is 5.91 Å². The van der Waals surface area contributed by atoms with Crippen molar-refractivity contribution in [1.82, 2.24) is 10.3 Å². The largest absolute Gasteiger partial charge is 0.387 e. The number of aromatic nitrogens is 1. The second-order valence-corrected chi connectivity index (χ2v) is 5.43. The monoisotopic (exact) mass is 268 g/mol. The van der Waals surface area contributed by atoms with Gasteiger partial charge in [0.25, 0.3) is 0 Å². The minimum Gasteiger partial charge on any atom is -0.387 e. The molecule has 0 aliphatic carbocycles. The lowest BCUT2D eigenvalue weighted by Crippen LogP contribution is -2.42. The molecule has 0 saturated heterocycles. The van der Waals surface area contributed by atoms with E-state index in [1.807, 2.05) is 18.4 Å². The number of carbonyl (C=O) groups is 1. The third-order valence-corrected chi connectivity index (χ3v) is 3.42. The van der Waals surface area contributed by atoms with Gasteiger partial charge in [0.15, 0.2) is 0 Å². The summed E-state index contributed by atoms with van der Waals surface area (Å²) >= 11 is 1.56. The van der Waals surface area contributed by atoms with Gasteiger partial charge in [-0.3, -0.25) is 9.78 Å². The van der Waals surface area contributed by atoms with Gasteiger partial charge in [-0.2, -0.15) is 11.8 Å². The molecule has 0 aromatic carbocycles. The Kier molecular flexibility index (Phi) is 6.15. The first kappa shape index (κ1) is 15.0. The Balaban J connectivity index is 2.26. The van der Waals surface area contributed by atoms with Crippen LogP contribution in [0.3, 0.4) is 0 Å². The minimum atomic E-state index is -0.842. The summed E-state index contributed by atoms with van der Waals surface area (Å²) in [6, 6.07) is 3.80. The van der Waals surface area contributed by atoms with Crippen LogP contribution in [0.2, 0.25) is 0 Å². The predicted octanol–water partition coefficient (Wildman–Crippen LogP) is 1.24. The third-order valence-electron chi connectivity index (χ3n) is 2.51. The van der Waals surface area contributed by atoms with Crippen LogP contribution in [0.25, 0.3) is 0 Å². The first-order valence-corrected chi connectivity index (χ1v) is 7.30. The van der Waals surface area contributed by atoms with E-state index < -0.39 is 5.60 Å². The second-order valence-electron chi connectivity index (χ2n) is 4.56. The van der Waals surface area contributed by atoms with Crippen LogP contribution in [0, 0.1) is 0 Å². The lowest BCUT2D eigenvalue weighted by Gasteiger charge is -2.22. The van der Waals surface area contributed by atoms with Crippen LogP contribution in [0.5, 0.6) is 0 Å². The third kappa shape index (κ3) is 6.02. The molecular formula is C13H20N2O2S. The molecule has 1 heterocycles. The molecule has 0 radical (unpaired) electrons. The van der Waals surface area contributed by atoms with E-state index in [0.717, 1.165) is 5.56 Å². The Labute approximate surface area is 112 Å². The topological polar surface area (TPSA) is 62.2 Å². The van der Waals surface area contributed by atoms with Gasteiger partial charge in [0.1, 0.15) is 0 Å². The smallest absolute Gasteiger partial charge is 0.220 e. The summed E-state index contributed by atoms with van der Waals surface area (Å²) in [4.78, 5) is 15.5. The molecule has 0 fully saturated rings. The van der Waals surface area contributed by atoms with Crippen molar-refractivity contribution >= 4 is 17.7 Å². The molecule has 2 N–H and O–H groups in total. The molecular weight excluding hydrogens is 248 g/mol. The van der Waals surface area contributed by atoms with Gasteiger partial charge in [0.05, 0.1) is 5.60 Å². The predicted molar refractivity (Wildman–Crippen MR) is 74.6 cm³/mol. The van der Waals surface area contributed by atoms with E-state index in [2.05, 4.69) is 10.3 Å². The Hall–Kier alpha value is -1.07. The number of hydrogen-bond acceptors (Lipinski definition) is 4. The molecule has 1 atom stereocenters. The molecule has 0 aliphatic rings. The number of amides is 1. The van der Waals surface area contributed by atoms with Crippen LogP contribution in [-0.4, -0.2) is 40.2 Å². The molecule has 1 amide bonds. The normalized spacial score (nSPS) is 13.9. The average molecular weight is 268 g/mol. The number of nitrogens with one attached hydrogen (secondary N) is 1. The number of aliphatic hydroxyl groups is 1. The SMILES string of the molecule is CSCC(C)(O)CNC(=O)CCc1ccncc1. The van der Waals surface area contributed by atoms with Crippen LogP contribution < -0.4 is 5.32 Å². The number of thioether (sulfide) groups is 1. The van der Waals surface area contributed by atoms with Gasteiger partial charge >= 0.3 is 0 Å². The second kappa shape index (κ2) is 7.38. The average Bonchev–Trinajstić information content (AvgIpc) is 2.35. The molecule has 1 rings (SSSR count). The highest BCUT2D eigenvalue weighted by molar-refractivity contribution is 7.98. The summed E-state index contributed by atoms with van der Waals surface area (Å²) in [7, 11) is 0. The van der Waals surface area contributed by atoms with Gasteiger partial charge in [-0.15, -0.1) is 0 Å². The molecule has 1 unspecified atom stereocenters. The van der Waals surface area contributed by atoms with Crippen molar-refractivity contribution in [2.45, 2.75) is 25.4 Å². The Bertz CT molecular complexity index is 369. The van der Waals surface area contributed by atoms with Crippen LogP contribution >= 0.6 is 11.8 Å². The van der Waals surface area contributed by atoms with Gasteiger partial charge in [-0.1, -0.05) is 0 Å². The van der Waals surface area contributed by atoms with Gasteiger partial charge in [0, 0.05) is 31.1 Å². The molecule has 1 aromatic rings. The summed E-state index contributed by atoms with van der Waals surface area (Å²) in [5.74, 6) is 0.575. The highest BCUT2D eigenvalue weighted by Gasteiger charge is 2.20. The summed E-state index contributed by atoms with van der Waals surface area (Å²) in [6.45, 7) is 2.02. The van der Waals surface area contributed by atoms with Crippen molar-refractivity contribution in [2.75, 3.05) is 18.6 Å². The lowest BCUT2D eigenvalue weighted by atomic mass is 10.1. The van der Waals surface area contributed by atoms with Crippen molar-refractivity contribution in [3.05, 3.63) is 30.1 Å². The maximum absolute atomic E-state index is 11.6. The maximum Gasteiger partial charge on any atom is 0.220 e. The van der Waals surface area contributed by atoms with Crippen LogP contribution in [0.15, 0.2) is 24.5 Å². The van der Waals surface area contributed by atoms with E-state index >= 15 is 0 Å². The van der Waals surface area contributed by atoms with E-state index in [1.165, 1.54) is 0 Å². The van der Waals surface area contributed by atoms with Gasteiger partial charge in [-0.05, 0) is 37.3 Å². The van der Waals surface area contributed by atoms with Gasteiger partial charge in [-0.25, -0.2) is 0 Å². The van der Waals surface area contributed by atoms with Crippen LogP contribution in [-0.2, 0) is 11.2 Å². The number of hydrogen-bond donors (Lipinski definition) is 2. The van der Waals surface area contributed by atoms with E-state index in [4.69, 9.17) is 0 Å². The Morgan fingerprint density at radius 2 is 2.17 bits per heavy atom. The molecule has 0 bridgehead atoms. The summed E-state index contributed by atoms with van der Waals surface area (Å²) < 4.78 is 0. The lowest BCUT2D eigenvalue weighted by molar-refractivity contribution is -0.122. The fourth-order valence-corrected chi connectivity index (χ4v) is 2.27. The van der Waals surface area contributed by atoms with Crippen molar-refractivity contribution in [1.29, 1.82) is 0 Å². The number of pyridine rings is 1. The molecule has 0 saturated carbocycles. The minimum absolute atomic E-state index is 0.0341. The summed E-state index contributed by atoms with van der Waals surface area (Å²) in [5.41, 5.74) is 0.252. The maximum atomic E-state index is 11.6. The van der Waals surface area contributed by atoms with Gasteiger partial charge < -0.3 is 10.4 Å². The zero-order valence-electron chi connectivity index (χ0n) is 10.8. The summed E-state index contributed by atoms with van der Waals surface area (Å²) in [6.07, 6.45) is 6.49. The number of aryl methyl sites for hydroxylation is 1. The zero-order chi connectivity index (χ0) is 13.4. The molecule has 4 nitrogen and oxygen atoms in total. The highest BCUT2D eigenvalue weighted by atomic mass is 32.2. The number of carbonyl (C=O) groups excluding carboxylic acids is 1. The van der Waals surface area contributed by atoms with Crippen LogP contribution in [0.4, 0.5) is 0 Å². The molecule has 0 spiro atoms. The highest BCUT2D eigenvalue weighted by Crippen LogP contribution is 2.09. The molecule has 0 aliphatic heterocycles. The van der Waals surface area contributed by atoms with E-state index in [1.54, 1.807) is 31.1 Å². The van der Waals surface area contributed by atoms with Crippen molar-refractivity contribution < 1.29 is 9.90 Å². The molecule has 100 valence electrons. The summed E-state index contributed by atoms with van der Waals surface area (Å²) in [5, 5.41) is 12.7. The van der Waals surface area contributed by atoms with Crippen molar-refractivity contribution in [3.63, 3.8) is 0 Å². The standard InChI is InChI=1S/C13H20N2O2S/c1-13(17,10-18-2)9-15-12(16)4-3-11-5-7-14-8-6-11/h5-8,17H,3-4,9-10H2,1-2H3,(H,15,16).